The van der Waals surface area contributed by atoms with Gasteiger partial charge in [0.2, 0.25) is 0 Å². The number of nitrogens with zero attached hydrogens (tertiary/aromatic N) is 4. The van der Waals surface area contributed by atoms with Gasteiger partial charge >= 0.3 is 6.61 Å². The molecule has 1 aromatic heterocycles. The fourth-order valence-corrected chi connectivity index (χ4v) is 3.23. The molecule has 1 fully saturated rings. The number of pyridine rings is 1. The lowest BCUT2D eigenvalue weighted by molar-refractivity contribution is -0.0504. The topological polar surface area (TPSA) is 65.0 Å². The van der Waals surface area contributed by atoms with Crippen molar-refractivity contribution in [3.05, 3.63) is 53.7 Å². The molecule has 2 heterocycles. The van der Waals surface area contributed by atoms with Gasteiger partial charge in [-0.1, -0.05) is 18.2 Å². The van der Waals surface area contributed by atoms with E-state index >= 15 is 0 Å². The quantitative estimate of drug-likeness (QED) is 0.532. The van der Waals surface area contributed by atoms with E-state index in [2.05, 4.69) is 48.3 Å². The van der Waals surface area contributed by atoms with E-state index in [0.717, 1.165) is 37.6 Å². The molecule has 9 heteroatoms. The number of halogens is 2. The average molecular weight is 418 g/mol. The summed E-state index contributed by atoms with van der Waals surface area (Å²) < 4.78 is 29.7. The Kier molecular flexibility index (Phi) is 7.78. The molecular weight excluding hydrogens is 390 g/mol. The minimum atomic E-state index is -2.86. The second-order valence-electron chi connectivity index (χ2n) is 7.08. The Morgan fingerprint density at radius 3 is 2.60 bits per heavy atom. The largest absolute Gasteiger partial charge is 0.434 e. The number of alkyl halides is 2. The Bertz CT molecular complexity index is 840. The van der Waals surface area contributed by atoms with Crippen molar-refractivity contribution in [2.45, 2.75) is 19.7 Å². The smallest absolute Gasteiger partial charge is 0.387 e. The summed E-state index contributed by atoms with van der Waals surface area (Å²) in [6, 6.07) is 10.8. The summed E-state index contributed by atoms with van der Waals surface area (Å²) in [5.74, 6) is 1.70. The number of hydrogen-bond acceptors (Lipinski definition) is 5. The number of aliphatic imine (C=N–C) groups is 1. The second kappa shape index (κ2) is 10.7. The Labute approximate surface area is 175 Å². The Balaban J connectivity index is 1.54. The highest BCUT2D eigenvalue weighted by Crippen LogP contribution is 2.20. The van der Waals surface area contributed by atoms with Gasteiger partial charge in [0, 0.05) is 58.1 Å². The third-order valence-corrected chi connectivity index (χ3v) is 4.96. The summed E-state index contributed by atoms with van der Waals surface area (Å²) in [5.41, 5.74) is 1.71. The number of hydrogen-bond donors (Lipinski definition) is 2. The number of aromatic nitrogens is 1. The standard InChI is InChI=1S/C21H28F2N6O/c1-24-21(27-15-17-5-3-4-6-18(17)30-20(22)23)26-14-16-7-8-25-19(13-16)29-11-9-28(2)10-12-29/h3-8,13,20H,9-12,14-15H2,1-2H3,(H2,24,26,27). The van der Waals surface area contributed by atoms with Gasteiger partial charge in [0.05, 0.1) is 0 Å². The summed E-state index contributed by atoms with van der Waals surface area (Å²) >= 11 is 0. The van der Waals surface area contributed by atoms with Gasteiger partial charge in [0.15, 0.2) is 5.96 Å². The van der Waals surface area contributed by atoms with Crippen LogP contribution in [-0.4, -0.2) is 62.7 Å². The monoisotopic (exact) mass is 418 g/mol. The van der Waals surface area contributed by atoms with Crippen LogP contribution in [-0.2, 0) is 13.1 Å². The molecule has 0 radical (unpaired) electrons. The van der Waals surface area contributed by atoms with Gasteiger partial charge in [0.1, 0.15) is 11.6 Å². The Morgan fingerprint density at radius 1 is 1.13 bits per heavy atom. The Hall–Kier alpha value is -2.94. The number of likely N-dealkylation sites (N-methyl/N-ethyl adjacent to an activating group) is 1. The van der Waals surface area contributed by atoms with Gasteiger partial charge in [-0.05, 0) is 30.8 Å². The van der Waals surface area contributed by atoms with Gasteiger partial charge < -0.3 is 25.2 Å². The van der Waals surface area contributed by atoms with Crippen molar-refractivity contribution >= 4 is 11.8 Å². The number of guanidine groups is 1. The van der Waals surface area contributed by atoms with Crippen molar-refractivity contribution in [1.82, 2.24) is 20.5 Å². The Morgan fingerprint density at radius 2 is 1.87 bits per heavy atom. The highest BCUT2D eigenvalue weighted by atomic mass is 19.3. The maximum Gasteiger partial charge on any atom is 0.387 e. The zero-order valence-corrected chi connectivity index (χ0v) is 17.3. The van der Waals surface area contributed by atoms with Crippen LogP contribution in [0, 0.1) is 0 Å². The number of piperazine rings is 1. The minimum absolute atomic E-state index is 0.154. The summed E-state index contributed by atoms with van der Waals surface area (Å²) in [6.45, 7) is 2.00. The molecule has 1 aliphatic rings. The lowest BCUT2D eigenvalue weighted by Gasteiger charge is -2.33. The number of benzene rings is 1. The lowest BCUT2D eigenvalue weighted by atomic mass is 10.2. The van der Waals surface area contributed by atoms with E-state index in [1.54, 1.807) is 25.2 Å². The van der Waals surface area contributed by atoms with E-state index in [4.69, 9.17) is 0 Å². The number of ether oxygens (including phenoxy) is 1. The molecule has 1 aromatic carbocycles. The van der Waals surface area contributed by atoms with E-state index in [9.17, 15) is 8.78 Å². The predicted octanol–water partition coefficient (Wildman–Crippen LogP) is 2.30. The van der Waals surface area contributed by atoms with Crippen LogP contribution in [0.1, 0.15) is 11.1 Å². The van der Waals surface area contributed by atoms with E-state index < -0.39 is 6.61 Å². The van der Waals surface area contributed by atoms with Crippen LogP contribution in [0.15, 0.2) is 47.6 Å². The highest BCUT2D eigenvalue weighted by molar-refractivity contribution is 5.79. The predicted molar refractivity (Wildman–Crippen MR) is 114 cm³/mol. The molecule has 30 heavy (non-hydrogen) atoms. The molecule has 1 aliphatic heterocycles. The molecule has 0 unspecified atom stereocenters. The van der Waals surface area contributed by atoms with Crippen molar-refractivity contribution in [3.63, 3.8) is 0 Å². The van der Waals surface area contributed by atoms with E-state index in [1.807, 2.05) is 12.3 Å². The molecule has 0 saturated carbocycles. The summed E-state index contributed by atoms with van der Waals surface area (Å²) in [6.07, 6.45) is 1.82. The van der Waals surface area contributed by atoms with Crippen LogP contribution in [0.2, 0.25) is 0 Å². The van der Waals surface area contributed by atoms with Gasteiger partial charge in [-0.25, -0.2) is 4.98 Å². The van der Waals surface area contributed by atoms with Gasteiger partial charge in [-0.3, -0.25) is 4.99 Å². The summed E-state index contributed by atoms with van der Waals surface area (Å²) in [4.78, 5) is 13.3. The van der Waals surface area contributed by atoms with Crippen LogP contribution in [0.4, 0.5) is 14.6 Å². The molecule has 162 valence electrons. The average Bonchev–Trinajstić information content (AvgIpc) is 2.75. The second-order valence-corrected chi connectivity index (χ2v) is 7.08. The fourth-order valence-electron chi connectivity index (χ4n) is 3.23. The molecule has 7 nitrogen and oxygen atoms in total. The van der Waals surface area contributed by atoms with Crippen LogP contribution < -0.4 is 20.3 Å². The molecule has 3 rings (SSSR count). The third-order valence-electron chi connectivity index (χ3n) is 4.96. The zero-order chi connectivity index (χ0) is 21.3. The molecule has 0 amide bonds. The highest BCUT2D eigenvalue weighted by Gasteiger charge is 2.15. The van der Waals surface area contributed by atoms with Crippen molar-refractivity contribution < 1.29 is 13.5 Å². The van der Waals surface area contributed by atoms with Crippen LogP contribution in [0.5, 0.6) is 5.75 Å². The van der Waals surface area contributed by atoms with E-state index in [1.165, 1.54) is 6.07 Å². The first-order valence-corrected chi connectivity index (χ1v) is 9.91. The normalized spacial score (nSPS) is 15.4. The van der Waals surface area contributed by atoms with Crippen LogP contribution >= 0.6 is 0 Å². The minimum Gasteiger partial charge on any atom is -0.434 e. The first kappa shape index (κ1) is 21.8. The molecule has 2 aromatic rings. The fraction of sp³-hybridized carbons (Fsp3) is 0.429. The van der Waals surface area contributed by atoms with Crippen LogP contribution in [0.3, 0.4) is 0 Å². The SMILES string of the molecule is CN=C(NCc1ccnc(N2CCN(C)CC2)c1)NCc1ccccc1OC(F)F. The molecule has 0 atom stereocenters. The van der Waals surface area contributed by atoms with Gasteiger partial charge in [0.25, 0.3) is 0 Å². The van der Waals surface area contributed by atoms with Crippen molar-refractivity contribution in [3.8, 4) is 5.75 Å². The third kappa shape index (κ3) is 6.28. The molecule has 0 spiro atoms. The molecule has 2 N–H and O–H groups in total. The van der Waals surface area contributed by atoms with Gasteiger partial charge in [-0.15, -0.1) is 0 Å². The van der Waals surface area contributed by atoms with E-state index in [0.29, 0.717) is 24.6 Å². The van der Waals surface area contributed by atoms with Crippen molar-refractivity contribution in [1.29, 1.82) is 0 Å². The van der Waals surface area contributed by atoms with Crippen LogP contribution in [0.25, 0.3) is 0 Å². The lowest BCUT2D eigenvalue weighted by Crippen LogP contribution is -2.44. The van der Waals surface area contributed by atoms with Crippen molar-refractivity contribution in [2.75, 3.05) is 45.2 Å². The maximum atomic E-state index is 12.6. The zero-order valence-electron chi connectivity index (χ0n) is 17.3. The molecule has 1 saturated heterocycles. The van der Waals surface area contributed by atoms with E-state index in [-0.39, 0.29) is 5.75 Å². The number of rotatable bonds is 7. The first-order chi connectivity index (χ1) is 14.5. The summed E-state index contributed by atoms with van der Waals surface area (Å²) in [5, 5.41) is 6.38. The number of anilines is 1. The molecule has 0 aliphatic carbocycles. The van der Waals surface area contributed by atoms with Gasteiger partial charge in [-0.2, -0.15) is 8.78 Å². The molecular formula is C21H28F2N6O. The maximum absolute atomic E-state index is 12.6. The first-order valence-electron chi connectivity index (χ1n) is 9.91. The summed E-state index contributed by atoms with van der Waals surface area (Å²) in [7, 11) is 3.79. The number of para-hydroxylation sites is 1. The number of nitrogens with one attached hydrogen (secondary N) is 2. The molecule has 0 bridgehead atoms. The van der Waals surface area contributed by atoms with Crippen molar-refractivity contribution in [2.24, 2.45) is 4.99 Å².